The second-order valence-corrected chi connectivity index (χ2v) is 5.64. The first kappa shape index (κ1) is 21.5. The zero-order chi connectivity index (χ0) is 21.5. The van der Waals surface area contributed by atoms with E-state index in [2.05, 4.69) is 4.99 Å². The molecule has 0 heterocycles. The minimum absolute atomic E-state index is 0.841. The summed E-state index contributed by atoms with van der Waals surface area (Å²) in [6.07, 6.45) is 0. The van der Waals surface area contributed by atoms with Crippen molar-refractivity contribution in [1.82, 2.24) is 0 Å². The SMILES string of the molecule is CC(C)C(=Nc1c(F)c(F)c(F)c(F)c1F)Nc1c(F)c(F)c(F)c(F)c1F. The van der Waals surface area contributed by atoms with Crippen LogP contribution in [0.5, 0.6) is 0 Å². The zero-order valence-corrected chi connectivity index (χ0v) is 13.8. The molecule has 0 unspecified atom stereocenters. The van der Waals surface area contributed by atoms with Gasteiger partial charge in [0.05, 0.1) is 0 Å². The van der Waals surface area contributed by atoms with Crippen LogP contribution in [0.2, 0.25) is 0 Å². The van der Waals surface area contributed by atoms with E-state index in [0.717, 1.165) is 0 Å². The van der Waals surface area contributed by atoms with Crippen molar-refractivity contribution < 1.29 is 43.9 Å². The molecule has 2 aromatic carbocycles. The van der Waals surface area contributed by atoms with Gasteiger partial charge in [0, 0.05) is 5.92 Å². The van der Waals surface area contributed by atoms with Crippen LogP contribution < -0.4 is 5.32 Å². The molecule has 0 radical (unpaired) electrons. The summed E-state index contributed by atoms with van der Waals surface area (Å²) in [5.74, 6) is -25.4. The molecule has 28 heavy (non-hydrogen) atoms. The highest BCUT2D eigenvalue weighted by Gasteiger charge is 2.29. The molecule has 2 aromatic rings. The first-order chi connectivity index (χ1) is 12.9. The van der Waals surface area contributed by atoms with Gasteiger partial charge < -0.3 is 5.32 Å². The van der Waals surface area contributed by atoms with Crippen molar-refractivity contribution in [3.8, 4) is 0 Å². The molecule has 0 fully saturated rings. The first-order valence-corrected chi connectivity index (χ1v) is 7.28. The second kappa shape index (κ2) is 7.68. The van der Waals surface area contributed by atoms with Crippen molar-refractivity contribution in [3.63, 3.8) is 0 Å². The van der Waals surface area contributed by atoms with Crippen LogP contribution in [0, 0.1) is 64.1 Å². The number of hydrogen-bond acceptors (Lipinski definition) is 1. The van der Waals surface area contributed by atoms with Gasteiger partial charge in [-0.3, -0.25) is 0 Å². The molecule has 0 aliphatic carbocycles. The minimum Gasteiger partial charge on any atom is -0.339 e. The van der Waals surface area contributed by atoms with Gasteiger partial charge in [-0.25, -0.2) is 48.9 Å². The van der Waals surface area contributed by atoms with Crippen LogP contribution >= 0.6 is 0 Å². The van der Waals surface area contributed by atoms with Gasteiger partial charge in [0.1, 0.15) is 17.2 Å². The maximum absolute atomic E-state index is 13.7. The first-order valence-electron chi connectivity index (χ1n) is 7.28. The lowest BCUT2D eigenvalue weighted by Crippen LogP contribution is -2.22. The van der Waals surface area contributed by atoms with Gasteiger partial charge in [0.15, 0.2) is 46.5 Å². The smallest absolute Gasteiger partial charge is 0.200 e. The third kappa shape index (κ3) is 3.50. The Hall–Kier alpha value is -2.79. The molecule has 2 rings (SSSR count). The van der Waals surface area contributed by atoms with Crippen molar-refractivity contribution in [2.45, 2.75) is 13.8 Å². The Morgan fingerprint density at radius 1 is 0.571 bits per heavy atom. The molecular formula is C16H8F10N2. The lowest BCUT2D eigenvalue weighted by atomic mass is 10.1. The standard InChI is InChI=1S/C16H8F10N2/c1-3(2)16(27-14-10(23)6(19)4(17)7(20)11(14)24)28-15-12(25)8(21)5(18)9(22)13(15)26/h3H,1-2H3,(H,27,28). The van der Waals surface area contributed by atoms with Crippen LogP contribution in [0.1, 0.15) is 13.8 Å². The van der Waals surface area contributed by atoms with Gasteiger partial charge in [-0.15, -0.1) is 0 Å². The number of nitrogens with zero attached hydrogens (tertiary/aromatic N) is 1. The number of aliphatic imine (C=N–C) groups is 1. The Morgan fingerprint density at radius 2 is 0.893 bits per heavy atom. The highest BCUT2D eigenvalue weighted by Crippen LogP contribution is 2.31. The molecular weight excluding hydrogens is 410 g/mol. The van der Waals surface area contributed by atoms with Gasteiger partial charge in [0.2, 0.25) is 11.6 Å². The van der Waals surface area contributed by atoms with Crippen molar-refractivity contribution in [2.75, 3.05) is 5.32 Å². The minimum atomic E-state index is -2.47. The largest absolute Gasteiger partial charge is 0.339 e. The van der Waals surface area contributed by atoms with Crippen molar-refractivity contribution in [3.05, 3.63) is 58.2 Å². The Kier molecular flexibility index (Phi) is 5.90. The molecule has 152 valence electrons. The Bertz CT molecular complexity index is 926. The summed E-state index contributed by atoms with van der Waals surface area (Å²) >= 11 is 0. The predicted molar refractivity (Wildman–Crippen MR) is 78.0 cm³/mol. The van der Waals surface area contributed by atoms with Crippen molar-refractivity contribution in [2.24, 2.45) is 10.9 Å². The highest BCUT2D eigenvalue weighted by molar-refractivity contribution is 5.98. The molecule has 1 N–H and O–H groups in total. The fourth-order valence-electron chi connectivity index (χ4n) is 1.96. The molecule has 12 heteroatoms. The third-order valence-electron chi connectivity index (χ3n) is 3.43. The van der Waals surface area contributed by atoms with Crippen molar-refractivity contribution in [1.29, 1.82) is 0 Å². The van der Waals surface area contributed by atoms with Gasteiger partial charge >= 0.3 is 0 Å². The topological polar surface area (TPSA) is 24.4 Å². The summed E-state index contributed by atoms with van der Waals surface area (Å²) in [5.41, 5.74) is -3.33. The number of benzene rings is 2. The number of halogens is 10. The lowest BCUT2D eigenvalue weighted by molar-refractivity contribution is 0.380. The van der Waals surface area contributed by atoms with E-state index in [0.29, 0.717) is 0 Å². The van der Waals surface area contributed by atoms with E-state index < -0.39 is 81.3 Å². The van der Waals surface area contributed by atoms with E-state index in [9.17, 15) is 43.9 Å². The summed E-state index contributed by atoms with van der Waals surface area (Å²) in [6, 6.07) is 0. The summed E-state index contributed by atoms with van der Waals surface area (Å²) in [7, 11) is 0. The normalized spacial score (nSPS) is 12.1. The van der Waals surface area contributed by atoms with Gasteiger partial charge in [0.25, 0.3) is 0 Å². The molecule has 0 aliphatic heterocycles. The van der Waals surface area contributed by atoms with Crippen LogP contribution in [-0.4, -0.2) is 5.84 Å². The lowest BCUT2D eigenvalue weighted by Gasteiger charge is -2.16. The van der Waals surface area contributed by atoms with E-state index >= 15 is 0 Å². The Morgan fingerprint density at radius 3 is 1.25 bits per heavy atom. The zero-order valence-electron chi connectivity index (χ0n) is 13.8. The van der Waals surface area contributed by atoms with Gasteiger partial charge in [-0.05, 0) is 0 Å². The summed E-state index contributed by atoms with van der Waals surface area (Å²) < 4.78 is 134. The molecule has 2 nitrogen and oxygen atoms in total. The average molecular weight is 418 g/mol. The molecule has 0 atom stereocenters. The number of hydrogen-bond donors (Lipinski definition) is 1. The molecule has 0 bridgehead atoms. The summed E-state index contributed by atoms with van der Waals surface area (Å²) in [6.45, 7) is 2.40. The van der Waals surface area contributed by atoms with Crippen molar-refractivity contribution >= 4 is 17.2 Å². The summed E-state index contributed by atoms with van der Waals surface area (Å²) in [5, 5.41) is 1.66. The average Bonchev–Trinajstić information content (AvgIpc) is 2.66. The quantitative estimate of drug-likeness (QED) is 0.218. The van der Waals surface area contributed by atoms with Crippen LogP contribution in [0.15, 0.2) is 4.99 Å². The van der Waals surface area contributed by atoms with E-state index in [1.165, 1.54) is 13.8 Å². The molecule has 0 aliphatic rings. The fraction of sp³-hybridized carbons (Fsp3) is 0.188. The van der Waals surface area contributed by atoms with Crippen LogP contribution in [0.3, 0.4) is 0 Å². The Labute approximate surface area is 150 Å². The number of rotatable bonds is 3. The van der Waals surface area contributed by atoms with E-state index in [-0.39, 0.29) is 0 Å². The second-order valence-electron chi connectivity index (χ2n) is 5.64. The van der Waals surface area contributed by atoms with E-state index in [1.54, 1.807) is 5.32 Å². The molecule has 0 aromatic heterocycles. The van der Waals surface area contributed by atoms with E-state index in [1.807, 2.05) is 0 Å². The van der Waals surface area contributed by atoms with Crippen LogP contribution in [0.4, 0.5) is 55.3 Å². The van der Waals surface area contributed by atoms with Gasteiger partial charge in [-0.2, -0.15) is 0 Å². The Balaban J connectivity index is 2.68. The van der Waals surface area contributed by atoms with E-state index in [4.69, 9.17) is 0 Å². The third-order valence-corrected chi connectivity index (χ3v) is 3.43. The van der Waals surface area contributed by atoms with Crippen LogP contribution in [0.25, 0.3) is 0 Å². The van der Waals surface area contributed by atoms with Crippen LogP contribution in [-0.2, 0) is 0 Å². The highest BCUT2D eigenvalue weighted by atomic mass is 19.2. The maximum Gasteiger partial charge on any atom is 0.200 e. The molecule has 0 spiro atoms. The fourth-order valence-corrected chi connectivity index (χ4v) is 1.96. The summed E-state index contributed by atoms with van der Waals surface area (Å²) in [4.78, 5) is 3.12. The molecule has 0 amide bonds. The van der Waals surface area contributed by atoms with Gasteiger partial charge in [-0.1, -0.05) is 13.8 Å². The number of amidine groups is 1. The number of nitrogens with one attached hydrogen (secondary N) is 1. The maximum atomic E-state index is 13.7. The molecule has 0 saturated heterocycles. The monoisotopic (exact) mass is 418 g/mol. The predicted octanol–water partition coefficient (Wildman–Crippen LogP) is 5.88. The number of anilines is 1. The molecule has 0 saturated carbocycles.